The first-order chi connectivity index (χ1) is 16.3. The molecule has 0 spiro atoms. The van der Waals surface area contributed by atoms with E-state index in [1.807, 2.05) is 73.6 Å². The van der Waals surface area contributed by atoms with Crippen LogP contribution in [-0.4, -0.2) is 53.8 Å². The van der Waals surface area contributed by atoms with Crippen LogP contribution in [0.15, 0.2) is 77.8 Å². The Hall–Kier alpha value is -3.97. The van der Waals surface area contributed by atoms with Crippen LogP contribution in [-0.2, 0) is 4.79 Å². The molecule has 0 saturated heterocycles. The van der Waals surface area contributed by atoms with Crippen molar-refractivity contribution in [3.63, 3.8) is 0 Å². The molecule has 0 atom stereocenters. The smallest absolute Gasteiger partial charge is 0.223 e. The molecule has 0 radical (unpaired) electrons. The lowest BCUT2D eigenvalue weighted by Crippen LogP contribution is -2.35. The summed E-state index contributed by atoms with van der Waals surface area (Å²) in [6, 6.07) is 21.3. The number of H-pyrrole nitrogens is 1. The summed E-state index contributed by atoms with van der Waals surface area (Å²) in [5.74, 6) is -0.497. The van der Waals surface area contributed by atoms with Crippen LogP contribution in [0, 0.1) is 5.82 Å². The van der Waals surface area contributed by atoms with E-state index in [9.17, 15) is 14.3 Å². The fourth-order valence-corrected chi connectivity index (χ4v) is 3.86. The van der Waals surface area contributed by atoms with Crippen molar-refractivity contribution in [2.24, 2.45) is 4.99 Å². The average Bonchev–Trinajstić information content (AvgIpc) is 3.13. The molecule has 7 heteroatoms. The fourth-order valence-electron chi connectivity index (χ4n) is 3.86. The Kier molecular flexibility index (Phi) is 6.75. The zero-order valence-electron chi connectivity index (χ0n) is 19.4. The molecule has 0 aliphatic rings. The number of aliphatic imine (C=N–C) groups is 1. The van der Waals surface area contributed by atoms with E-state index in [-0.39, 0.29) is 11.8 Å². The Morgan fingerprint density at radius 2 is 1.71 bits per heavy atom. The van der Waals surface area contributed by atoms with E-state index in [1.165, 1.54) is 12.1 Å². The zero-order chi connectivity index (χ0) is 24.2. The van der Waals surface area contributed by atoms with Crippen LogP contribution in [0.5, 0.6) is 5.88 Å². The largest absolute Gasteiger partial charge is 0.494 e. The Balaban J connectivity index is 1.77. The monoisotopic (exact) mass is 458 g/mol. The number of nitrogens with zero attached hydrogens (tertiary/aromatic N) is 3. The van der Waals surface area contributed by atoms with Gasteiger partial charge in [0, 0.05) is 36.7 Å². The number of amides is 1. The molecule has 4 rings (SSSR count). The number of aromatic hydroxyl groups is 1. The molecule has 1 amide bonds. The van der Waals surface area contributed by atoms with Crippen molar-refractivity contribution >= 4 is 33.9 Å². The van der Waals surface area contributed by atoms with E-state index in [2.05, 4.69) is 4.98 Å². The van der Waals surface area contributed by atoms with Crippen LogP contribution in [0.2, 0.25) is 0 Å². The molecule has 0 aliphatic heterocycles. The van der Waals surface area contributed by atoms with Gasteiger partial charge in [-0.1, -0.05) is 30.3 Å². The number of rotatable bonds is 7. The number of likely N-dealkylation sites (N-methyl/N-ethyl adjacent to an activating group) is 1. The Morgan fingerprint density at radius 1 is 1.00 bits per heavy atom. The number of carbonyl (C=O) groups is 1. The van der Waals surface area contributed by atoms with Gasteiger partial charge in [-0.3, -0.25) is 4.79 Å². The predicted molar refractivity (Wildman–Crippen MR) is 135 cm³/mol. The number of nitrogens with one attached hydrogen (secondary N) is 1. The van der Waals surface area contributed by atoms with Gasteiger partial charge in [-0.2, -0.15) is 0 Å². The second kappa shape index (κ2) is 9.89. The lowest BCUT2D eigenvalue weighted by Gasteiger charge is -2.23. The van der Waals surface area contributed by atoms with Gasteiger partial charge >= 0.3 is 0 Å². The van der Waals surface area contributed by atoms with Crippen molar-refractivity contribution in [1.82, 2.24) is 9.88 Å². The van der Waals surface area contributed by atoms with Crippen molar-refractivity contribution in [3.05, 3.63) is 89.7 Å². The van der Waals surface area contributed by atoms with Gasteiger partial charge in [-0.15, -0.1) is 0 Å². The van der Waals surface area contributed by atoms with Gasteiger partial charge in [0.15, 0.2) is 5.88 Å². The second-order valence-electron chi connectivity index (χ2n) is 8.36. The summed E-state index contributed by atoms with van der Waals surface area (Å²) in [5.41, 5.74) is 3.81. The number of carbonyl (C=O) groups excluding carboxylic acids is 1. The van der Waals surface area contributed by atoms with E-state index in [4.69, 9.17) is 4.99 Å². The molecule has 6 nitrogen and oxygen atoms in total. The maximum absolute atomic E-state index is 13.7. The minimum Gasteiger partial charge on any atom is -0.494 e. The molecule has 0 saturated carbocycles. The second-order valence-corrected chi connectivity index (χ2v) is 8.36. The van der Waals surface area contributed by atoms with Crippen LogP contribution in [0.4, 0.5) is 15.8 Å². The quantitative estimate of drug-likeness (QED) is 0.379. The molecule has 0 fully saturated rings. The predicted octanol–water partition coefficient (Wildman–Crippen LogP) is 5.10. The molecular formula is C27H27FN4O2. The number of aromatic nitrogens is 1. The number of hydrogen-bond acceptors (Lipinski definition) is 4. The van der Waals surface area contributed by atoms with Gasteiger partial charge in [0.2, 0.25) is 5.91 Å². The van der Waals surface area contributed by atoms with Crippen LogP contribution in [0.1, 0.15) is 18.1 Å². The summed E-state index contributed by atoms with van der Waals surface area (Å²) in [6.07, 6.45) is 0. The molecule has 2 N–H and O–H groups in total. The van der Waals surface area contributed by atoms with E-state index >= 15 is 0 Å². The molecule has 0 unspecified atom stereocenters. The van der Waals surface area contributed by atoms with Crippen molar-refractivity contribution in [1.29, 1.82) is 0 Å². The van der Waals surface area contributed by atoms with Crippen LogP contribution in [0.25, 0.3) is 10.9 Å². The highest BCUT2D eigenvalue weighted by Crippen LogP contribution is 2.32. The number of anilines is 1. The third-order valence-corrected chi connectivity index (χ3v) is 5.58. The van der Waals surface area contributed by atoms with Gasteiger partial charge in [0.25, 0.3) is 0 Å². The summed E-state index contributed by atoms with van der Waals surface area (Å²) in [6.45, 7) is 2.88. The third-order valence-electron chi connectivity index (χ3n) is 5.58. The Bertz CT molecular complexity index is 1330. The summed E-state index contributed by atoms with van der Waals surface area (Å²) in [5, 5.41) is 11.4. The molecule has 0 bridgehead atoms. The highest BCUT2D eigenvalue weighted by Gasteiger charge is 2.19. The van der Waals surface area contributed by atoms with E-state index < -0.39 is 5.82 Å². The molecule has 3 aromatic carbocycles. The van der Waals surface area contributed by atoms with Gasteiger partial charge in [0.1, 0.15) is 5.82 Å². The molecule has 1 heterocycles. The van der Waals surface area contributed by atoms with E-state index in [0.717, 1.165) is 17.8 Å². The SMILES string of the molecule is CC(=O)N(CCN(C)C)c1ccc(N=C(c2ccccc2)c2c(O)[nH]c3cc(F)ccc23)cc1. The van der Waals surface area contributed by atoms with E-state index in [1.54, 1.807) is 17.9 Å². The van der Waals surface area contributed by atoms with Crippen molar-refractivity contribution < 1.29 is 14.3 Å². The fraction of sp³-hybridized carbons (Fsp3) is 0.185. The summed E-state index contributed by atoms with van der Waals surface area (Å²) >= 11 is 0. The first-order valence-electron chi connectivity index (χ1n) is 11.0. The number of fused-ring (bicyclic) bond motifs is 1. The lowest BCUT2D eigenvalue weighted by molar-refractivity contribution is -0.116. The average molecular weight is 459 g/mol. The highest BCUT2D eigenvalue weighted by atomic mass is 19.1. The number of benzene rings is 3. The molecule has 174 valence electrons. The van der Waals surface area contributed by atoms with Gasteiger partial charge < -0.3 is 19.9 Å². The zero-order valence-corrected chi connectivity index (χ0v) is 19.4. The highest BCUT2D eigenvalue weighted by molar-refractivity contribution is 6.21. The third kappa shape index (κ3) is 5.00. The minimum absolute atomic E-state index is 0.0287. The molecule has 34 heavy (non-hydrogen) atoms. The maximum atomic E-state index is 13.7. The van der Waals surface area contributed by atoms with Crippen LogP contribution >= 0.6 is 0 Å². The molecule has 4 aromatic rings. The maximum Gasteiger partial charge on any atom is 0.223 e. The van der Waals surface area contributed by atoms with Crippen molar-refractivity contribution in [2.75, 3.05) is 32.1 Å². The Labute approximate surface area is 198 Å². The molecule has 0 aliphatic carbocycles. The first-order valence-corrected chi connectivity index (χ1v) is 11.0. The number of halogens is 1. The van der Waals surface area contributed by atoms with Crippen LogP contribution in [0.3, 0.4) is 0 Å². The standard InChI is InChI=1S/C27H27FN4O2/c1-18(33)32(16-15-31(2)3)22-12-10-21(11-13-22)29-26(19-7-5-4-6-8-19)25-23-14-9-20(28)17-24(23)30-27(25)34/h4-14,17,30,34H,15-16H2,1-3H3. The topological polar surface area (TPSA) is 71.9 Å². The number of hydrogen-bond donors (Lipinski definition) is 2. The van der Waals surface area contributed by atoms with Gasteiger partial charge in [-0.25, -0.2) is 9.38 Å². The Morgan fingerprint density at radius 3 is 2.35 bits per heavy atom. The van der Waals surface area contributed by atoms with Crippen molar-refractivity contribution in [3.8, 4) is 5.88 Å². The van der Waals surface area contributed by atoms with Gasteiger partial charge in [-0.05, 0) is 56.6 Å². The lowest BCUT2D eigenvalue weighted by atomic mass is 10.0. The van der Waals surface area contributed by atoms with Crippen molar-refractivity contribution in [2.45, 2.75) is 6.92 Å². The van der Waals surface area contributed by atoms with Crippen LogP contribution < -0.4 is 4.90 Å². The molecule has 1 aromatic heterocycles. The van der Waals surface area contributed by atoms with E-state index in [0.29, 0.717) is 34.4 Å². The summed E-state index contributed by atoms with van der Waals surface area (Å²) < 4.78 is 13.7. The van der Waals surface area contributed by atoms with Gasteiger partial charge in [0.05, 0.1) is 22.5 Å². The molecular weight excluding hydrogens is 431 g/mol. The first kappa shape index (κ1) is 23.2. The number of aromatic amines is 1. The summed E-state index contributed by atoms with van der Waals surface area (Å²) in [4.78, 5) is 23.6. The summed E-state index contributed by atoms with van der Waals surface area (Å²) in [7, 11) is 3.94. The normalized spacial score (nSPS) is 11.9. The minimum atomic E-state index is -0.390.